The van der Waals surface area contributed by atoms with Crippen LogP contribution in [0.3, 0.4) is 0 Å². The fourth-order valence-electron chi connectivity index (χ4n) is 1.61. The predicted octanol–water partition coefficient (Wildman–Crippen LogP) is -0.285. The van der Waals surface area contributed by atoms with Gasteiger partial charge in [-0.2, -0.15) is 0 Å². The molecule has 6 heteroatoms. The number of amides is 4. The van der Waals surface area contributed by atoms with Crippen molar-refractivity contribution in [3.8, 4) is 0 Å². The maximum absolute atomic E-state index is 11.6. The van der Waals surface area contributed by atoms with E-state index in [-0.39, 0.29) is 6.54 Å². The van der Waals surface area contributed by atoms with E-state index in [0.29, 0.717) is 12.6 Å². The third-order valence-corrected chi connectivity index (χ3v) is 2.85. The number of hydrogen-bond donors (Lipinski definition) is 1. The molecule has 0 aromatic carbocycles. The fraction of sp³-hybridized carbons (Fsp3) is 0.545. The lowest BCUT2D eigenvalue weighted by Gasteiger charge is -2.14. The van der Waals surface area contributed by atoms with E-state index in [4.69, 9.17) is 0 Å². The highest BCUT2D eigenvalue weighted by molar-refractivity contribution is 6.44. The van der Waals surface area contributed by atoms with Crippen molar-refractivity contribution in [1.29, 1.82) is 0 Å². The van der Waals surface area contributed by atoms with Crippen molar-refractivity contribution < 1.29 is 14.4 Å². The molecule has 6 nitrogen and oxygen atoms in total. The molecule has 2 fully saturated rings. The molecule has 4 amide bonds. The molecule has 0 aromatic rings. The van der Waals surface area contributed by atoms with Gasteiger partial charge < -0.3 is 5.32 Å². The Hall–Kier alpha value is -1.69. The molecular weight excluding hydrogens is 222 g/mol. The van der Waals surface area contributed by atoms with Crippen LogP contribution >= 0.6 is 0 Å². The van der Waals surface area contributed by atoms with Crippen molar-refractivity contribution in [3.05, 3.63) is 12.2 Å². The number of nitrogens with one attached hydrogen (secondary N) is 1. The summed E-state index contributed by atoms with van der Waals surface area (Å²) in [7, 11) is 1.30. The van der Waals surface area contributed by atoms with E-state index in [9.17, 15) is 14.4 Å². The van der Waals surface area contributed by atoms with Gasteiger partial charge in [-0.1, -0.05) is 6.58 Å². The van der Waals surface area contributed by atoms with Gasteiger partial charge in [0.1, 0.15) is 0 Å². The van der Waals surface area contributed by atoms with Crippen molar-refractivity contribution >= 4 is 17.8 Å². The van der Waals surface area contributed by atoms with Gasteiger partial charge in [0.15, 0.2) is 0 Å². The van der Waals surface area contributed by atoms with Crippen LogP contribution in [0.15, 0.2) is 12.2 Å². The number of likely N-dealkylation sites (N-methyl/N-ethyl adjacent to an activating group) is 1. The van der Waals surface area contributed by atoms with Gasteiger partial charge in [-0.15, -0.1) is 0 Å². The quantitative estimate of drug-likeness (QED) is 0.405. The standard InChI is InChI=1S/C11H15N3O3/c1-7(5-12-8-3-4-8)6-14-10(16)9(15)13(2)11(14)17/h8,12H,1,3-6H2,2H3. The summed E-state index contributed by atoms with van der Waals surface area (Å²) in [5.74, 6) is -1.55. The number of hydrogen-bond acceptors (Lipinski definition) is 4. The monoisotopic (exact) mass is 237 g/mol. The van der Waals surface area contributed by atoms with E-state index in [1.54, 1.807) is 0 Å². The fourth-order valence-corrected chi connectivity index (χ4v) is 1.61. The molecule has 1 aliphatic heterocycles. The smallest absolute Gasteiger partial charge is 0.310 e. The van der Waals surface area contributed by atoms with Crippen LogP contribution in [0, 0.1) is 0 Å². The van der Waals surface area contributed by atoms with Crippen molar-refractivity contribution in [2.75, 3.05) is 20.1 Å². The molecule has 2 aliphatic rings. The number of rotatable bonds is 5. The van der Waals surface area contributed by atoms with Crippen molar-refractivity contribution in [1.82, 2.24) is 15.1 Å². The summed E-state index contributed by atoms with van der Waals surface area (Å²) < 4.78 is 0. The highest BCUT2D eigenvalue weighted by atomic mass is 16.2. The second-order valence-corrected chi connectivity index (χ2v) is 4.44. The average molecular weight is 237 g/mol. The first-order chi connectivity index (χ1) is 8.00. The van der Waals surface area contributed by atoms with E-state index < -0.39 is 17.8 Å². The van der Waals surface area contributed by atoms with E-state index in [1.165, 1.54) is 7.05 Å². The van der Waals surface area contributed by atoms with Crippen LogP contribution in [-0.2, 0) is 9.59 Å². The first kappa shape index (κ1) is 11.8. The third kappa shape index (κ3) is 2.36. The molecule has 1 saturated heterocycles. The molecule has 1 heterocycles. The largest absolute Gasteiger partial charge is 0.334 e. The van der Waals surface area contributed by atoms with Gasteiger partial charge in [0, 0.05) is 19.6 Å². The third-order valence-electron chi connectivity index (χ3n) is 2.85. The minimum absolute atomic E-state index is 0.105. The zero-order valence-corrected chi connectivity index (χ0v) is 9.73. The normalized spacial score (nSPS) is 20.4. The Morgan fingerprint density at radius 1 is 1.35 bits per heavy atom. The van der Waals surface area contributed by atoms with Gasteiger partial charge in [0.25, 0.3) is 0 Å². The molecule has 0 bridgehead atoms. The van der Waals surface area contributed by atoms with Gasteiger partial charge in [-0.3, -0.25) is 19.4 Å². The lowest BCUT2D eigenvalue weighted by Crippen LogP contribution is -2.35. The van der Waals surface area contributed by atoms with Crippen LogP contribution in [-0.4, -0.2) is 53.8 Å². The Morgan fingerprint density at radius 3 is 2.47 bits per heavy atom. The Labute approximate surface area is 99.2 Å². The average Bonchev–Trinajstić information content (AvgIpc) is 3.10. The Bertz CT molecular complexity index is 401. The zero-order valence-electron chi connectivity index (χ0n) is 9.73. The first-order valence-corrected chi connectivity index (χ1v) is 5.54. The van der Waals surface area contributed by atoms with E-state index in [1.807, 2.05) is 0 Å². The van der Waals surface area contributed by atoms with Gasteiger partial charge in [0.05, 0.1) is 6.54 Å². The molecular formula is C11H15N3O3. The van der Waals surface area contributed by atoms with Crippen LogP contribution in [0.25, 0.3) is 0 Å². The van der Waals surface area contributed by atoms with E-state index in [2.05, 4.69) is 11.9 Å². The number of carbonyl (C=O) groups excluding carboxylic acids is 3. The summed E-state index contributed by atoms with van der Waals surface area (Å²) in [6, 6.07) is -0.0337. The molecule has 1 N–H and O–H groups in total. The minimum Gasteiger partial charge on any atom is -0.310 e. The minimum atomic E-state index is -0.780. The van der Waals surface area contributed by atoms with E-state index in [0.717, 1.165) is 28.2 Å². The molecule has 0 aromatic heterocycles. The zero-order chi connectivity index (χ0) is 12.6. The number of urea groups is 1. The summed E-state index contributed by atoms with van der Waals surface area (Å²) in [5, 5.41) is 3.24. The summed E-state index contributed by atoms with van der Waals surface area (Å²) in [6.07, 6.45) is 2.33. The second-order valence-electron chi connectivity index (χ2n) is 4.44. The molecule has 0 radical (unpaired) electrons. The Balaban J connectivity index is 1.89. The lowest BCUT2D eigenvalue weighted by atomic mass is 10.3. The first-order valence-electron chi connectivity index (χ1n) is 5.54. The maximum atomic E-state index is 11.6. The molecule has 17 heavy (non-hydrogen) atoms. The molecule has 92 valence electrons. The predicted molar refractivity (Wildman–Crippen MR) is 60.0 cm³/mol. The number of carbonyl (C=O) groups is 3. The van der Waals surface area contributed by atoms with E-state index >= 15 is 0 Å². The van der Waals surface area contributed by atoms with Crippen LogP contribution in [0.1, 0.15) is 12.8 Å². The SMILES string of the molecule is C=C(CNC1CC1)CN1C(=O)C(=O)N(C)C1=O. The molecule has 2 rings (SSSR count). The van der Waals surface area contributed by atoms with Crippen molar-refractivity contribution in [3.63, 3.8) is 0 Å². The van der Waals surface area contributed by atoms with Crippen molar-refractivity contribution in [2.24, 2.45) is 0 Å². The summed E-state index contributed by atoms with van der Waals surface area (Å²) >= 11 is 0. The topological polar surface area (TPSA) is 69.7 Å². The number of nitrogens with zero attached hydrogens (tertiary/aromatic N) is 2. The van der Waals surface area contributed by atoms with Gasteiger partial charge in [-0.25, -0.2) is 4.79 Å². The van der Waals surface area contributed by atoms with Gasteiger partial charge in [0.2, 0.25) is 0 Å². The van der Waals surface area contributed by atoms with Crippen molar-refractivity contribution in [2.45, 2.75) is 18.9 Å². The van der Waals surface area contributed by atoms with Crippen LogP contribution in [0.2, 0.25) is 0 Å². The van der Waals surface area contributed by atoms with Gasteiger partial charge >= 0.3 is 17.8 Å². The highest BCUT2D eigenvalue weighted by Crippen LogP contribution is 2.19. The molecule has 1 aliphatic carbocycles. The summed E-state index contributed by atoms with van der Waals surface area (Å²) in [6.45, 7) is 4.47. The Kier molecular flexibility index (Phi) is 2.97. The number of imide groups is 2. The molecule has 0 unspecified atom stereocenters. The Morgan fingerprint density at radius 2 is 2.00 bits per heavy atom. The molecule has 0 atom stereocenters. The molecule has 0 spiro atoms. The second kappa shape index (κ2) is 4.29. The summed E-state index contributed by atoms with van der Waals surface area (Å²) in [5.41, 5.74) is 0.724. The van der Waals surface area contributed by atoms with Crippen LogP contribution < -0.4 is 5.32 Å². The van der Waals surface area contributed by atoms with Crippen LogP contribution in [0.4, 0.5) is 4.79 Å². The highest BCUT2D eigenvalue weighted by Gasteiger charge is 2.42. The maximum Gasteiger partial charge on any atom is 0.334 e. The molecule has 1 saturated carbocycles. The van der Waals surface area contributed by atoms with Crippen LogP contribution in [0.5, 0.6) is 0 Å². The lowest BCUT2D eigenvalue weighted by molar-refractivity contribution is -0.142. The van der Waals surface area contributed by atoms with Gasteiger partial charge in [-0.05, 0) is 18.4 Å². The summed E-state index contributed by atoms with van der Waals surface area (Å²) in [4.78, 5) is 36.0.